The summed E-state index contributed by atoms with van der Waals surface area (Å²) < 4.78 is 13.4. The van der Waals surface area contributed by atoms with E-state index in [1.54, 1.807) is 6.07 Å². The first kappa shape index (κ1) is 19.4. The summed E-state index contributed by atoms with van der Waals surface area (Å²) in [5.41, 5.74) is 1.69. The van der Waals surface area contributed by atoms with E-state index in [0.29, 0.717) is 11.4 Å². The molecular weight excluding hydrogens is 315 g/mol. The third-order valence-electron chi connectivity index (χ3n) is 4.48. The minimum absolute atomic E-state index is 0.356. The van der Waals surface area contributed by atoms with E-state index >= 15 is 0 Å². The standard InChI is InChI=1S/C21H29FN2O/c1-2-3-4-5-6-7-8-9-10-11-17-15-23-21(24-16-17)18-12-13-20(25)19(22)14-18/h12-16,25H,2-11H2,1H3. The molecule has 0 aliphatic carbocycles. The molecule has 0 aliphatic rings. The van der Waals surface area contributed by atoms with Crippen LogP contribution in [0.15, 0.2) is 30.6 Å². The molecule has 0 bridgehead atoms. The molecule has 1 heterocycles. The molecular formula is C21H29FN2O. The predicted octanol–water partition coefficient (Wildman–Crippen LogP) is 6.06. The Hall–Kier alpha value is -1.97. The first-order valence-electron chi connectivity index (χ1n) is 9.50. The van der Waals surface area contributed by atoms with Crippen molar-refractivity contribution in [3.63, 3.8) is 0 Å². The Morgan fingerprint density at radius 3 is 2.08 bits per heavy atom. The molecule has 0 atom stereocenters. The van der Waals surface area contributed by atoms with Crippen LogP contribution in [0.2, 0.25) is 0 Å². The molecule has 0 spiro atoms. The molecule has 25 heavy (non-hydrogen) atoms. The lowest BCUT2D eigenvalue weighted by molar-refractivity contribution is 0.432. The van der Waals surface area contributed by atoms with Gasteiger partial charge in [0.15, 0.2) is 17.4 Å². The van der Waals surface area contributed by atoms with Crippen molar-refractivity contribution in [2.75, 3.05) is 0 Å². The summed E-state index contributed by atoms with van der Waals surface area (Å²) in [6.45, 7) is 2.25. The van der Waals surface area contributed by atoms with Crippen molar-refractivity contribution in [3.8, 4) is 17.1 Å². The van der Waals surface area contributed by atoms with E-state index < -0.39 is 5.82 Å². The highest BCUT2D eigenvalue weighted by Gasteiger charge is 2.06. The molecule has 0 fully saturated rings. The van der Waals surface area contributed by atoms with Crippen molar-refractivity contribution in [2.24, 2.45) is 0 Å². The van der Waals surface area contributed by atoms with Crippen molar-refractivity contribution in [1.29, 1.82) is 0 Å². The lowest BCUT2D eigenvalue weighted by Gasteiger charge is -2.04. The molecule has 0 aliphatic heterocycles. The number of aromatic hydroxyl groups is 1. The average molecular weight is 344 g/mol. The number of rotatable bonds is 11. The Labute approximate surface area is 150 Å². The summed E-state index contributed by atoms with van der Waals surface area (Å²) in [4.78, 5) is 8.63. The van der Waals surface area contributed by atoms with Crippen LogP contribution in [-0.2, 0) is 6.42 Å². The molecule has 0 radical (unpaired) electrons. The Bertz CT molecular complexity index is 628. The predicted molar refractivity (Wildman–Crippen MR) is 100 cm³/mol. The number of unbranched alkanes of at least 4 members (excludes halogenated alkanes) is 8. The average Bonchev–Trinajstić information content (AvgIpc) is 2.63. The number of hydrogen-bond donors (Lipinski definition) is 1. The van der Waals surface area contributed by atoms with E-state index in [1.807, 2.05) is 12.4 Å². The summed E-state index contributed by atoms with van der Waals surface area (Å²) in [5, 5.41) is 9.23. The maximum atomic E-state index is 13.4. The summed E-state index contributed by atoms with van der Waals surface area (Å²) in [5.74, 6) is -0.527. The summed E-state index contributed by atoms with van der Waals surface area (Å²) in [6.07, 6.45) is 16.5. The molecule has 0 unspecified atom stereocenters. The van der Waals surface area contributed by atoms with Gasteiger partial charge in [0, 0.05) is 18.0 Å². The second-order valence-corrected chi connectivity index (χ2v) is 6.66. The monoisotopic (exact) mass is 344 g/mol. The highest BCUT2D eigenvalue weighted by molar-refractivity contribution is 5.56. The second kappa shape index (κ2) is 10.8. The minimum Gasteiger partial charge on any atom is -0.505 e. The molecule has 0 saturated heterocycles. The molecule has 4 heteroatoms. The van der Waals surface area contributed by atoms with E-state index in [9.17, 15) is 9.50 Å². The molecule has 2 aromatic rings. The molecule has 0 amide bonds. The van der Waals surface area contributed by atoms with Crippen LogP contribution in [0.3, 0.4) is 0 Å². The quantitative estimate of drug-likeness (QED) is 0.504. The van der Waals surface area contributed by atoms with Crippen LogP contribution in [0.25, 0.3) is 11.4 Å². The lowest BCUT2D eigenvalue weighted by Crippen LogP contribution is -1.94. The van der Waals surface area contributed by atoms with Crippen LogP contribution in [0, 0.1) is 5.82 Å². The third-order valence-corrected chi connectivity index (χ3v) is 4.48. The van der Waals surface area contributed by atoms with Gasteiger partial charge in [0.25, 0.3) is 0 Å². The van der Waals surface area contributed by atoms with E-state index in [0.717, 1.165) is 18.4 Å². The number of hydrogen-bond acceptors (Lipinski definition) is 3. The van der Waals surface area contributed by atoms with Crippen molar-refractivity contribution in [2.45, 2.75) is 71.1 Å². The summed E-state index contributed by atoms with van der Waals surface area (Å²) >= 11 is 0. The van der Waals surface area contributed by atoms with E-state index in [1.165, 1.54) is 63.5 Å². The number of nitrogens with zero attached hydrogens (tertiary/aromatic N) is 2. The van der Waals surface area contributed by atoms with Crippen LogP contribution in [0.5, 0.6) is 5.75 Å². The topological polar surface area (TPSA) is 46.0 Å². The van der Waals surface area contributed by atoms with Gasteiger partial charge in [-0.1, -0.05) is 58.3 Å². The largest absolute Gasteiger partial charge is 0.505 e. The molecule has 3 nitrogen and oxygen atoms in total. The Morgan fingerprint density at radius 2 is 1.48 bits per heavy atom. The first-order valence-corrected chi connectivity index (χ1v) is 9.50. The number of halogens is 1. The van der Waals surface area contributed by atoms with Gasteiger partial charge in [-0.2, -0.15) is 0 Å². The molecule has 1 N–H and O–H groups in total. The van der Waals surface area contributed by atoms with Crippen LogP contribution in [-0.4, -0.2) is 15.1 Å². The second-order valence-electron chi connectivity index (χ2n) is 6.66. The van der Waals surface area contributed by atoms with Crippen LogP contribution in [0.4, 0.5) is 4.39 Å². The van der Waals surface area contributed by atoms with Gasteiger partial charge >= 0.3 is 0 Å². The molecule has 2 rings (SSSR count). The van der Waals surface area contributed by atoms with Gasteiger partial charge in [0.1, 0.15) is 0 Å². The van der Waals surface area contributed by atoms with Crippen LogP contribution < -0.4 is 0 Å². The molecule has 0 saturated carbocycles. The van der Waals surface area contributed by atoms with Gasteiger partial charge in [0.05, 0.1) is 0 Å². The molecule has 1 aromatic heterocycles. The minimum atomic E-state index is -0.653. The van der Waals surface area contributed by atoms with Crippen molar-refractivity contribution in [1.82, 2.24) is 9.97 Å². The van der Waals surface area contributed by atoms with Gasteiger partial charge in [-0.3, -0.25) is 0 Å². The zero-order chi connectivity index (χ0) is 17.9. The van der Waals surface area contributed by atoms with Gasteiger partial charge < -0.3 is 5.11 Å². The fourth-order valence-corrected chi connectivity index (χ4v) is 2.92. The molecule has 1 aromatic carbocycles. The van der Waals surface area contributed by atoms with Gasteiger partial charge in [-0.05, 0) is 36.6 Å². The number of aryl methyl sites for hydroxylation is 1. The number of benzene rings is 1. The third kappa shape index (κ3) is 6.81. The maximum Gasteiger partial charge on any atom is 0.165 e. The van der Waals surface area contributed by atoms with Gasteiger partial charge in [-0.25, -0.2) is 14.4 Å². The fraction of sp³-hybridized carbons (Fsp3) is 0.524. The summed E-state index contributed by atoms with van der Waals surface area (Å²) in [6, 6.07) is 4.20. The van der Waals surface area contributed by atoms with Crippen molar-refractivity contribution >= 4 is 0 Å². The highest BCUT2D eigenvalue weighted by atomic mass is 19.1. The zero-order valence-electron chi connectivity index (χ0n) is 15.2. The Balaban J connectivity index is 1.67. The smallest absolute Gasteiger partial charge is 0.165 e. The van der Waals surface area contributed by atoms with Crippen LogP contribution in [0.1, 0.15) is 70.3 Å². The number of phenols is 1. The highest BCUT2D eigenvalue weighted by Crippen LogP contribution is 2.22. The van der Waals surface area contributed by atoms with E-state index in [4.69, 9.17) is 0 Å². The summed E-state index contributed by atoms with van der Waals surface area (Å²) in [7, 11) is 0. The molecule has 136 valence electrons. The first-order chi connectivity index (χ1) is 12.2. The zero-order valence-corrected chi connectivity index (χ0v) is 15.2. The normalized spacial score (nSPS) is 11.0. The number of phenolic OH excluding ortho intramolecular Hbond substituents is 1. The van der Waals surface area contributed by atoms with Crippen molar-refractivity contribution in [3.05, 3.63) is 42.0 Å². The van der Waals surface area contributed by atoms with Crippen LogP contribution >= 0.6 is 0 Å². The Morgan fingerprint density at radius 1 is 0.880 bits per heavy atom. The van der Waals surface area contributed by atoms with Gasteiger partial charge in [0.2, 0.25) is 0 Å². The van der Waals surface area contributed by atoms with E-state index in [2.05, 4.69) is 16.9 Å². The van der Waals surface area contributed by atoms with Crippen molar-refractivity contribution < 1.29 is 9.50 Å². The number of aromatic nitrogens is 2. The van der Waals surface area contributed by atoms with Gasteiger partial charge in [-0.15, -0.1) is 0 Å². The fourth-order valence-electron chi connectivity index (χ4n) is 2.92. The maximum absolute atomic E-state index is 13.4. The Kier molecular flexibility index (Phi) is 8.36. The SMILES string of the molecule is CCCCCCCCCCCc1cnc(-c2ccc(O)c(F)c2)nc1. The van der Waals surface area contributed by atoms with E-state index in [-0.39, 0.29) is 5.75 Å². The lowest BCUT2D eigenvalue weighted by atomic mass is 10.1.